The fraction of sp³-hybridized carbons (Fsp3) is 0.310. The first kappa shape index (κ1) is 22.9. The van der Waals surface area contributed by atoms with E-state index in [9.17, 15) is 14.7 Å². The number of ketones is 1. The molecule has 1 heterocycles. The molecule has 1 amide bonds. The van der Waals surface area contributed by atoms with Crippen molar-refractivity contribution >= 4 is 17.4 Å². The van der Waals surface area contributed by atoms with Gasteiger partial charge in [-0.1, -0.05) is 99.0 Å². The van der Waals surface area contributed by atoms with E-state index in [-0.39, 0.29) is 12.2 Å². The number of anilines is 1. The molecule has 1 N–H and O–H groups in total. The summed E-state index contributed by atoms with van der Waals surface area (Å²) in [4.78, 5) is 28.1. The number of hydrogen-bond acceptors (Lipinski definition) is 3. The normalized spacial score (nSPS) is 17.3. The van der Waals surface area contributed by atoms with E-state index in [1.165, 1.54) is 24.8 Å². The zero-order chi connectivity index (χ0) is 23.3. The first-order valence-electron chi connectivity index (χ1n) is 11.8. The van der Waals surface area contributed by atoms with Crippen LogP contribution in [-0.2, 0) is 23.4 Å². The molecule has 3 aromatic rings. The second kappa shape index (κ2) is 10.1. The van der Waals surface area contributed by atoms with E-state index in [1.54, 1.807) is 17.0 Å². The van der Waals surface area contributed by atoms with Gasteiger partial charge in [-0.05, 0) is 30.0 Å². The van der Waals surface area contributed by atoms with Gasteiger partial charge in [-0.25, -0.2) is 0 Å². The van der Waals surface area contributed by atoms with Gasteiger partial charge in [0.25, 0.3) is 5.91 Å². The van der Waals surface area contributed by atoms with Crippen LogP contribution in [-0.4, -0.2) is 16.8 Å². The van der Waals surface area contributed by atoms with Crippen LogP contribution < -0.4 is 4.90 Å². The molecule has 0 aromatic heterocycles. The highest BCUT2D eigenvalue weighted by molar-refractivity contribution is 6.10. The minimum absolute atomic E-state index is 0.236. The lowest BCUT2D eigenvalue weighted by molar-refractivity contribution is -0.136. The minimum Gasteiger partial charge on any atom is -0.375 e. The quantitative estimate of drug-likeness (QED) is 0.319. The fourth-order valence-electron chi connectivity index (χ4n) is 4.55. The second-order valence-electron chi connectivity index (χ2n) is 8.86. The van der Waals surface area contributed by atoms with Crippen molar-refractivity contribution in [3.05, 3.63) is 101 Å². The zero-order valence-electron chi connectivity index (χ0n) is 19.2. The van der Waals surface area contributed by atoms with Gasteiger partial charge < -0.3 is 10.0 Å². The highest BCUT2D eigenvalue weighted by Gasteiger charge is 2.50. The van der Waals surface area contributed by atoms with Crippen LogP contribution in [0.3, 0.4) is 0 Å². The Hall–Kier alpha value is -3.24. The maximum absolute atomic E-state index is 13.4. The van der Waals surface area contributed by atoms with Crippen LogP contribution in [0.2, 0.25) is 0 Å². The number of fused-ring (bicyclic) bond motifs is 1. The lowest BCUT2D eigenvalue weighted by Crippen LogP contribution is -2.41. The summed E-state index contributed by atoms with van der Waals surface area (Å²) < 4.78 is 0. The van der Waals surface area contributed by atoms with E-state index < -0.39 is 11.5 Å². The number of carbonyl (C=O) groups excluding carboxylic acids is 2. The van der Waals surface area contributed by atoms with Crippen LogP contribution >= 0.6 is 0 Å². The topological polar surface area (TPSA) is 57.6 Å². The summed E-state index contributed by atoms with van der Waals surface area (Å²) in [6.07, 6.45) is 5.53. The van der Waals surface area contributed by atoms with Gasteiger partial charge in [-0.15, -0.1) is 0 Å². The van der Waals surface area contributed by atoms with E-state index in [4.69, 9.17) is 0 Å². The standard InChI is InChI=1S/C29H31NO3/c1-2-3-4-6-11-22-16-18-24(19-17-22)27(31)20-29(33)25-14-9-10-15-26(25)30(28(29)32)21-23-12-7-5-8-13-23/h5,7-10,12-19,33H,2-4,6,11,20-21H2,1H3. The van der Waals surface area contributed by atoms with E-state index >= 15 is 0 Å². The molecule has 0 saturated carbocycles. The maximum Gasteiger partial charge on any atom is 0.264 e. The molecular weight excluding hydrogens is 410 g/mol. The molecule has 4 nitrogen and oxygen atoms in total. The third-order valence-corrected chi connectivity index (χ3v) is 6.43. The van der Waals surface area contributed by atoms with Gasteiger partial charge >= 0.3 is 0 Å². The molecule has 1 unspecified atom stereocenters. The van der Waals surface area contributed by atoms with Crippen molar-refractivity contribution in [3.63, 3.8) is 0 Å². The van der Waals surface area contributed by atoms with Crippen molar-refractivity contribution in [3.8, 4) is 0 Å². The van der Waals surface area contributed by atoms with Gasteiger partial charge in [0.15, 0.2) is 11.4 Å². The molecule has 1 aliphatic rings. The third kappa shape index (κ3) is 4.91. The summed E-state index contributed by atoms with van der Waals surface area (Å²) in [6.45, 7) is 2.54. The predicted octanol–water partition coefficient (Wildman–Crippen LogP) is 5.82. The summed E-state index contributed by atoms with van der Waals surface area (Å²) in [5.74, 6) is -0.687. The smallest absolute Gasteiger partial charge is 0.264 e. The number of unbranched alkanes of at least 4 members (excludes halogenated alkanes) is 3. The molecular formula is C29H31NO3. The Morgan fingerprint density at radius 2 is 1.55 bits per heavy atom. The van der Waals surface area contributed by atoms with Gasteiger partial charge in [0.05, 0.1) is 18.7 Å². The molecule has 4 rings (SSSR count). The predicted molar refractivity (Wildman–Crippen MR) is 131 cm³/mol. The number of amides is 1. The van der Waals surface area contributed by atoms with Crippen molar-refractivity contribution < 1.29 is 14.7 Å². The Morgan fingerprint density at radius 3 is 2.27 bits per heavy atom. The molecule has 1 aliphatic heterocycles. The van der Waals surface area contributed by atoms with Crippen LogP contribution in [0.1, 0.15) is 66.1 Å². The summed E-state index contributed by atoms with van der Waals surface area (Å²) in [7, 11) is 0. The summed E-state index contributed by atoms with van der Waals surface area (Å²) in [6, 6.07) is 24.5. The second-order valence-corrected chi connectivity index (χ2v) is 8.86. The molecule has 0 fully saturated rings. The third-order valence-electron chi connectivity index (χ3n) is 6.43. The highest BCUT2D eigenvalue weighted by Crippen LogP contribution is 2.43. The zero-order valence-corrected chi connectivity index (χ0v) is 19.2. The Morgan fingerprint density at radius 1 is 0.848 bits per heavy atom. The number of carbonyl (C=O) groups is 2. The van der Waals surface area contributed by atoms with Crippen LogP contribution in [0.15, 0.2) is 78.9 Å². The molecule has 0 bridgehead atoms. The molecule has 1 atom stereocenters. The molecule has 3 aromatic carbocycles. The van der Waals surface area contributed by atoms with Gasteiger partial charge in [-0.3, -0.25) is 9.59 Å². The summed E-state index contributed by atoms with van der Waals surface area (Å²) in [5.41, 5.74) is 1.98. The maximum atomic E-state index is 13.4. The van der Waals surface area contributed by atoms with Crippen LogP contribution in [0.25, 0.3) is 0 Å². The van der Waals surface area contributed by atoms with Gasteiger partial charge in [0.1, 0.15) is 0 Å². The highest BCUT2D eigenvalue weighted by atomic mass is 16.3. The van der Waals surface area contributed by atoms with Gasteiger partial charge in [0, 0.05) is 11.1 Å². The SMILES string of the molecule is CCCCCCc1ccc(C(=O)CC2(O)C(=O)N(Cc3ccccc3)c3ccccc32)cc1. The van der Waals surface area contributed by atoms with Crippen molar-refractivity contribution in [1.29, 1.82) is 0 Å². The Bertz CT molecular complexity index is 1110. The minimum atomic E-state index is -1.86. The van der Waals surface area contributed by atoms with E-state index in [2.05, 4.69) is 6.92 Å². The van der Waals surface area contributed by atoms with Gasteiger partial charge in [0.2, 0.25) is 0 Å². The number of aryl methyl sites for hydroxylation is 1. The number of rotatable bonds is 10. The molecule has 0 radical (unpaired) electrons. The van der Waals surface area contributed by atoms with Crippen LogP contribution in [0, 0.1) is 0 Å². The van der Waals surface area contributed by atoms with E-state index in [0.29, 0.717) is 23.4 Å². The largest absolute Gasteiger partial charge is 0.375 e. The fourth-order valence-corrected chi connectivity index (χ4v) is 4.55. The summed E-state index contributed by atoms with van der Waals surface area (Å²) in [5, 5.41) is 11.5. The number of benzene rings is 3. The monoisotopic (exact) mass is 441 g/mol. The molecule has 4 heteroatoms. The first-order valence-corrected chi connectivity index (χ1v) is 11.8. The average Bonchev–Trinajstić information content (AvgIpc) is 3.05. The first-order chi connectivity index (χ1) is 16.0. The van der Waals surface area contributed by atoms with E-state index in [1.807, 2.05) is 66.7 Å². The average molecular weight is 442 g/mol. The van der Waals surface area contributed by atoms with E-state index in [0.717, 1.165) is 18.4 Å². The Balaban J connectivity index is 1.51. The van der Waals surface area contributed by atoms with Gasteiger partial charge in [-0.2, -0.15) is 0 Å². The number of aliphatic hydroxyl groups is 1. The molecule has 0 aliphatic carbocycles. The van der Waals surface area contributed by atoms with Crippen molar-refractivity contribution in [2.75, 3.05) is 4.90 Å². The molecule has 33 heavy (non-hydrogen) atoms. The van der Waals surface area contributed by atoms with Crippen molar-refractivity contribution in [2.45, 2.75) is 57.6 Å². The van der Waals surface area contributed by atoms with Crippen LogP contribution in [0.5, 0.6) is 0 Å². The number of nitrogens with zero attached hydrogens (tertiary/aromatic N) is 1. The number of para-hydroxylation sites is 1. The van der Waals surface area contributed by atoms with Crippen molar-refractivity contribution in [1.82, 2.24) is 0 Å². The molecule has 170 valence electrons. The number of hydrogen-bond donors (Lipinski definition) is 1. The van der Waals surface area contributed by atoms with Crippen molar-refractivity contribution in [2.24, 2.45) is 0 Å². The van der Waals surface area contributed by atoms with Crippen LogP contribution in [0.4, 0.5) is 5.69 Å². The summed E-state index contributed by atoms with van der Waals surface area (Å²) >= 11 is 0. The molecule has 0 saturated heterocycles. The lowest BCUT2D eigenvalue weighted by Gasteiger charge is -2.23. The Kier molecular flexibility index (Phi) is 7.05. The molecule has 0 spiro atoms. The Labute approximate surface area is 195 Å². The lowest BCUT2D eigenvalue weighted by atomic mass is 9.88. The number of Topliss-reactive ketones (excluding diaryl/α,β-unsaturated/α-hetero) is 1.